The number of H-pyrrole nitrogens is 1. The van der Waals surface area contributed by atoms with Gasteiger partial charge in [0.05, 0.1) is 5.69 Å². The van der Waals surface area contributed by atoms with Crippen molar-refractivity contribution in [2.75, 3.05) is 5.73 Å². The van der Waals surface area contributed by atoms with Crippen molar-refractivity contribution in [3.8, 4) is 11.3 Å². The van der Waals surface area contributed by atoms with Gasteiger partial charge in [-0.2, -0.15) is 5.10 Å². The van der Waals surface area contributed by atoms with Gasteiger partial charge >= 0.3 is 0 Å². The molecule has 0 aliphatic heterocycles. The zero-order chi connectivity index (χ0) is 10.8. The molecule has 0 amide bonds. The Hall–Kier alpha value is -1.84. The fourth-order valence-corrected chi connectivity index (χ4v) is 1.67. The summed E-state index contributed by atoms with van der Waals surface area (Å²) in [5.41, 5.74) is 9.97. The van der Waals surface area contributed by atoms with Gasteiger partial charge in [0.1, 0.15) is 5.82 Å². The Balaban J connectivity index is 2.54. The summed E-state index contributed by atoms with van der Waals surface area (Å²) in [7, 11) is 0. The van der Waals surface area contributed by atoms with E-state index in [9.17, 15) is 0 Å². The monoisotopic (exact) mass is 202 g/mol. The Morgan fingerprint density at radius 1 is 1.40 bits per heavy atom. The number of hydrogen-bond acceptors (Lipinski definition) is 3. The number of pyridine rings is 1. The van der Waals surface area contributed by atoms with Crippen LogP contribution in [0.5, 0.6) is 0 Å². The normalized spacial score (nSPS) is 10.5. The number of nitrogens with two attached hydrogens (primary N) is 1. The van der Waals surface area contributed by atoms with E-state index in [1.807, 2.05) is 19.3 Å². The average Bonchev–Trinajstić information content (AvgIpc) is 2.59. The molecule has 0 aromatic carbocycles. The van der Waals surface area contributed by atoms with E-state index in [0.717, 1.165) is 28.8 Å². The van der Waals surface area contributed by atoms with Crippen molar-refractivity contribution in [3.63, 3.8) is 0 Å². The number of nitrogen functional groups attached to an aromatic ring is 1. The van der Waals surface area contributed by atoms with Crippen LogP contribution in [0.2, 0.25) is 0 Å². The van der Waals surface area contributed by atoms with Crippen LogP contribution < -0.4 is 5.73 Å². The third kappa shape index (κ3) is 1.70. The van der Waals surface area contributed by atoms with Gasteiger partial charge in [-0.15, -0.1) is 0 Å². The number of nitrogens with one attached hydrogen (secondary N) is 1. The molecule has 0 fully saturated rings. The van der Waals surface area contributed by atoms with E-state index in [-0.39, 0.29) is 0 Å². The SMILES string of the molecule is CCc1c(N)n[nH]c1-c1cncc(C)c1. The molecule has 4 nitrogen and oxygen atoms in total. The molecular weight excluding hydrogens is 188 g/mol. The fraction of sp³-hybridized carbons (Fsp3) is 0.273. The van der Waals surface area contributed by atoms with E-state index < -0.39 is 0 Å². The van der Waals surface area contributed by atoms with E-state index in [0.29, 0.717) is 5.82 Å². The number of rotatable bonds is 2. The van der Waals surface area contributed by atoms with Crippen LogP contribution in [0.25, 0.3) is 11.3 Å². The quantitative estimate of drug-likeness (QED) is 0.781. The van der Waals surface area contributed by atoms with E-state index in [2.05, 4.69) is 28.2 Å². The first-order valence-electron chi connectivity index (χ1n) is 4.97. The number of hydrogen-bond donors (Lipinski definition) is 2. The Bertz CT molecular complexity index is 473. The lowest BCUT2D eigenvalue weighted by Gasteiger charge is -2.01. The average molecular weight is 202 g/mol. The van der Waals surface area contributed by atoms with Gasteiger partial charge in [0.25, 0.3) is 0 Å². The highest BCUT2D eigenvalue weighted by Gasteiger charge is 2.10. The molecule has 0 spiro atoms. The van der Waals surface area contributed by atoms with E-state index >= 15 is 0 Å². The van der Waals surface area contributed by atoms with Gasteiger partial charge < -0.3 is 5.73 Å². The Kier molecular flexibility index (Phi) is 2.41. The minimum Gasteiger partial charge on any atom is -0.382 e. The maximum Gasteiger partial charge on any atom is 0.149 e. The van der Waals surface area contributed by atoms with Gasteiger partial charge in [-0.05, 0) is 25.0 Å². The van der Waals surface area contributed by atoms with Crippen molar-refractivity contribution in [3.05, 3.63) is 29.6 Å². The van der Waals surface area contributed by atoms with Gasteiger partial charge in [0.2, 0.25) is 0 Å². The molecule has 0 radical (unpaired) electrons. The largest absolute Gasteiger partial charge is 0.382 e. The molecule has 0 aliphatic rings. The maximum absolute atomic E-state index is 5.76. The number of aromatic nitrogens is 3. The second kappa shape index (κ2) is 3.73. The van der Waals surface area contributed by atoms with Crippen molar-refractivity contribution >= 4 is 5.82 Å². The minimum absolute atomic E-state index is 0.578. The van der Waals surface area contributed by atoms with Gasteiger partial charge in [0, 0.05) is 23.5 Å². The van der Waals surface area contributed by atoms with E-state index in [1.165, 1.54) is 0 Å². The van der Waals surface area contributed by atoms with Crippen LogP contribution in [0.4, 0.5) is 5.82 Å². The topological polar surface area (TPSA) is 67.6 Å². The summed E-state index contributed by atoms with van der Waals surface area (Å²) in [6.45, 7) is 4.08. The molecule has 0 saturated heterocycles. The van der Waals surface area contributed by atoms with Crippen LogP contribution in [0, 0.1) is 6.92 Å². The van der Waals surface area contributed by atoms with Gasteiger partial charge in [0.15, 0.2) is 0 Å². The number of anilines is 1. The Labute approximate surface area is 88.5 Å². The first-order chi connectivity index (χ1) is 7.22. The summed E-state index contributed by atoms with van der Waals surface area (Å²) in [4.78, 5) is 4.16. The van der Waals surface area contributed by atoms with Crippen molar-refractivity contribution in [2.45, 2.75) is 20.3 Å². The lowest BCUT2D eigenvalue weighted by molar-refractivity contribution is 1.10. The highest BCUT2D eigenvalue weighted by atomic mass is 15.2. The molecule has 2 rings (SSSR count). The second-order valence-electron chi connectivity index (χ2n) is 3.57. The molecule has 0 aliphatic carbocycles. The van der Waals surface area contributed by atoms with Gasteiger partial charge in [-0.3, -0.25) is 10.1 Å². The van der Waals surface area contributed by atoms with Crippen LogP contribution in [-0.4, -0.2) is 15.2 Å². The molecule has 78 valence electrons. The van der Waals surface area contributed by atoms with E-state index in [1.54, 1.807) is 0 Å². The lowest BCUT2D eigenvalue weighted by Crippen LogP contribution is -1.91. The second-order valence-corrected chi connectivity index (χ2v) is 3.57. The third-order valence-corrected chi connectivity index (χ3v) is 2.42. The van der Waals surface area contributed by atoms with Crippen molar-refractivity contribution in [1.29, 1.82) is 0 Å². The first kappa shape index (κ1) is 9.71. The molecule has 0 atom stereocenters. The molecule has 2 heterocycles. The minimum atomic E-state index is 0.578. The third-order valence-electron chi connectivity index (χ3n) is 2.42. The predicted octanol–water partition coefficient (Wildman–Crippen LogP) is 1.92. The van der Waals surface area contributed by atoms with Crippen LogP contribution in [-0.2, 0) is 6.42 Å². The summed E-state index contributed by atoms with van der Waals surface area (Å²) in [6, 6.07) is 2.07. The lowest BCUT2D eigenvalue weighted by atomic mass is 10.1. The molecule has 0 bridgehead atoms. The molecule has 2 aromatic rings. The van der Waals surface area contributed by atoms with Crippen molar-refractivity contribution < 1.29 is 0 Å². The summed E-state index contributed by atoms with van der Waals surface area (Å²) in [5, 5.41) is 6.97. The number of aryl methyl sites for hydroxylation is 1. The molecule has 0 saturated carbocycles. The van der Waals surface area contributed by atoms with E-state index in [4.69, 9.17) is 5.73 Å². The van der Waals surface area contributed by atoms with Crippen LogP contribution in [0.1, 0.15) is 18.1 Å². The zero-order valence-electron chi connectivity index (χ0n) is 8.91. The highest BCUT2D eigenvalue weighted by molar-refractivity contribution is 5.67. The molecule has 2 aromatic heterocycles. The van der Waals surface area contributed by atoms with Gasteiger partial charge in [-0.1, -0.05) is 6.92 Å². The van der Waals surface area contributed by atoms with Crippen molar-refractivity contribution in [1.82, 2.24) is 15.2 Å². The molecule has 3 N–H and O–H groups in total. The maximum atomic E-state index is 5.76. The van der Waals surface area contributed by atoms with Gasteiger partial charge in [-0.25, -0.2) is 0 Å². The van der Waals surface area contributed by atoms with Crippen LogP contribution >= 0.6 is 0 Å². The molecule has 4 heteroatoms. The zero-order valence-corrected chi connectivity index (χ0v) is 8.91. The van der Waals surface area contributed by atoms with Crippen LogP contribution in [0.3, 0.4) is 0 Å². The molecule has 15 heavy (non-hydrogen) atoms. The summed E-state index contributed by atoms with van der Waals surface area (Å²) < 4.78 is 0. The highest BCUT2D eigenvalue weighted by Crippen LogP contribution is 2.25. The summed E-state index contributed by atoms with van der Waals surface area (Å²) >= 11 is 0. The van der Waals surface area contributed by atoms with Crippen LogP contribution in [0.15, 0.2) is 18.5 Å². The first-order valence-corrected chi connectivity index (χ1v) is 4.97. The summed E-state index contributed by atoms with van der Waals surface area (Å²) in [5.74, 6) is 0.578. The molecule has 0 unspecified atom stereocenters. The number of nitrogens with zero attached hydrogens (tertiary/aromatic N) is 2. The molecular formula is C11H14N4. The Morgan fingerprint density at radius 2 is 2.20 bits per heavy atom. The predicted molar refractivity (Wildman–Crippen MR) is 60.3 cm³/mol. The standard InChI is InChI=1S/C11H14N4/c1-3-9-10(14-15-11(9)12)8-4-7(2)5-13-6-8/h4-6H,3H2,1-2H3,(H3,12,14,15). The smallest absolute Gasteiger partial charge is 0.149 e. The fourth-order valence-electron chi connectivity index (χ4n) is 1.67. The Morgan fingerprint density at radius 3 is 2.87 bits per heavy atom. The van der Waals surface area contributed by atoms with Crippen molar-refractivity contribution in [2.24, 2.45) is 0 Å². The summed E-state index contributed by atoms with van der Waals surface area (Å²) in [6.07, 6.45) is 4.51. The number of aromatic amines is 1.